The molecular weight excluding hydrogens is 278 g/mol. The molecule has 2 N–H and O–H groups in total. The maximum atomic E-state index is 12.1. The number of benzene rings is 1. The van der Waals surface area contributed by atoms with E-state index in [0.717, 1.165) is 37.2 Å². The summed E-state index contributed by atoms with van der Waals surface area (Å²) >= 11 is 0. The summed E-state index contributed by atoms with van der Waals surface area (Å²) in [4.78, 5) is 12.1. The number of ether oxygens (including phenoxy) is 1. The lowest BCUT2D eigenvalue weighted by atomic mass is 10.1. The Morgan fingerprint density at radius 2 is 2.36 bits per heavy atom. The predicted molar refractivity (Wildman–Crippen MR) is 88.1 cm³/mol. The Kier molecular flexibility index (Phi) is 4.75. The van der Waals surface area contributed by atoms with Crippen molar-refractivity contribution in [2.24, 2.45) is 0 Å². The number of carbonyl (C=O) groups is 1. The molecule has 22 heavy (non-hydrogen) atoms. The first-order valence-corrected chi connectivity index (χ1v) is 7.96. The van der Waals surface area contributed by atoms with Crippen molar-refractivity contribution in [3.63, 3.8) is 0 Å². The second-order valence-electron chi connectivity index (χ2n) is 5.76. The van der Waals surface area contributed by atoms with Gasteiger partial charge in [0, 0.05) is 48.3 Å². The average Bonchev–Trinajstić information content (AvgIpc) is 2.91. The third-order valence-corrected chi connectivity index (χ3v) is 3.95. The van der Waals surface area contributed by atoms with Crippen LogP contribution in [0.2, 0.25) is 0 Å². The number of hydrogen-bond acceptors (Lipinski definition) is 3. The van der Waals surface area contributed by atoms with Gasteiger partial charge in [-0.05, 0) is 30.7 Å². The van der Waals surface area contributed by atoms with Crippen molar-refractivity contribution in [3.8, 4) is 0 Å². The molecule has 1 aliphatic heterocycles. The van der Waals surface area contributed by atoms with Gasteiger partial charge in [-0.3, -0.25) is 4.79 Å². The minimum Gasteiger partial charge on any atom is -0.378 e. The fraction of sp³-hybridized carbons (Fsp3) is 0.471. The smallest absolute Gasteiger partial charge is 0.226 e. The van der Waals surface area contributed by atoms with Crippen molar-refractivity contribution in [3.05, 3.63) is 30.5 Å². The zero-order valence-electron chi connectivity index (χ0n) is 13.0. The summed E-state index contributed by atoms with van der Waals surface area (Å²) in [5, 5.41) is 7.43. The van der Waals surface area contributed by atoms with Crippen LogP contribution in [-0.4, -0.2) is 36.3 Å². The van der Waals surface area contributed by atoms with E-state index in [2.05, 4.69) is 40.5 Å². The molecule has 0 saturated carbocycles. The molecule has 5 nitrogen and oxygen atoms in total. The number of rotatable bonds is 5. The number of hydrogen-bond donors (Lipinski definition) is 2. The van der Waals surface area contributed by atoms with Crippen molar-refractivity contribution < 1.29 is 9.53 Å². The average molecular weight is 301 g/mol. The highest BCUT2D eigenvalue weighted by Gasteiger charge is 2.17. The van der Waals surface area contributed by atoms with Crippen LogP contribution in [0.5, 0.6) is 0 Å². The van der Waals surface area contributed by atoms with Gasteiger partial charge in [0.1, 0.15) is 0 Å². The summed E-state index contributed by atoms with van der Waals surface area (Å²) in [5.74, 6) is 0.0235. The summed E-state index contributed by atoms with van der Waals surface area (Å²) in [6.07, 6.45) is 3.65. The molecule has 0 bridgehead atoms. The van der Waals surface area contributed by atoms with Crippen LogP contribution in [0.25, 0.3) is 10.9 Å². The van der Waals surface area contributed by atoms with Crippen LogP contribution < -0.4 is 10.6 Å². The molecule has 1 amide bonds. The molecule has 0 aliphatic carbocycles. The highest BCUT2D eigenvalue weighted by molar-refractivity contribution is 5.94. The Morgan fingerprint density at radius 3 is 3.14 bits per heavy atom. The largest absolute Gasteiger partial charge is 0.378 e. The van der Waals surface area contributed by atoms with Crippen molar-refractivity contribution in [2.75, 3.05) is 25.1 Å². The van der Waals surface area contributed by atoms with Gasteiger partial charge in [0.15, 0.2) is 0 Å². The summed E-state index contributed by atoms with van der Waals surface area (Å²) in [7, 11) is 0. The number of nitrogens with one attached hydrogen (secondary N) is 2. The van der Waals surface area contributed by atoms with E-state index in [-0.39, 0.29) is 11.9 Å². The topological polar surface area (TPSA) is 55.3 Å². The van der Waals surface area contributed by atoms with Crippen molar-refractivity contribution in [1.82, 2.24) is 9.88 Å². The Bertz CT molecular complexity index is 644. The molecule has 0 spiro atoms. The first-order chi connectivity index (χ1) is 10.8. The van der Waals surface area contributed by atoms with Crippen molar-refractivity contribution >= 4 is 22.5 Å². The van der Waals surface area contributed by atoms with Crippen molar-refractivity contribution in [2.45, 2.75) is 32.4 Å². The molecule has 1 atom stereocenters. The van der Waals surface area contributed by atoms with Crippen LogP contribution in [-0.2, 0) is 16.1 Å². The Balaban J connectivity index is 1.64. The van der Waals surface area contributed by atoms with Gasteiger partial charge in [0.05, 0.1) is 13.2 Å². The number of amides is 1. The van der Waals surface area contributed by atoms with E-state index in [0.29, 0.717) is 13.0 Å². The second-order valence-corrected chi connectivity index (χ2v) is 5.76. The lowest BCUT2D eigenvalue weighted by molar-refractivity contribution is -0.117. The minimum atomic E-state index is 0.0235. The lowest BCUT2D eigenvalue weighted by Crippen LogP contribution is -2.43. The molecule has 1 saturated heterocycles. The van der Waals surface area contributed by atoms with Gasteiger partial charge in [-0.2, -0.15) is 0 Å². The molecule has 1 unspecified atom stereocenters. The number of morpholine rings is 1. The normalized spacial score (nSPS) is 18.5. The fourth-order valence-electron chi connectivity index (χ4n) is 2.90. The number of aryl methyl sites for hydroxylation is 1. The molecule has 1 aromatic heterocycles. The number of fused-ring (bicyclic) bond motifs is 1. The maximum Gasteiger partial charge on any atom is 0.226 e. The number of anilines is 1. The van der Waals surface area contributed by atoms with E-state index in [1.165, 1.54) is 5.52 Å². The van der Waals surface area contributed by atoms with Gasteiger partial charge in [-0.1, -0.05) is 6.92 Å². The molecule has 1 aromatic carbocycles. The van der Waals surface area contributed by atoms with E-state index >= 15 is 0 Å². The highest BCUT2D eigenvalue weighted by Crippen LogP contribution is 2.21. The van der Waals surface area contributed by atoms with Gasteiger partial charge < -0.3 is 19.9 Å². The van der Waals surface area contributed by atoms with Crippen LogP contribution in [0.4, 0.5) is 5.69 Å². The van der Waals surface area contributed by atoms with Crippen LogP contribution in [0, 0.1) is 0 Å². The fourth-order valence-corrected chi connectivity index (χ4v) is 2.90. The number of carbonyl (C=O) groups excluding carboxylic acids is 1. The molecular formula is C17H23N3O2. The van der Waals surface area contributed by atoms with E-state index < -0.39 is 0 Å². The summed E-state index contributed by atoms with van der Waals surface area (Å²) < 4.78 is 7.61. The van der Waals surface area contributed by atoms with Crippen LogP contribution in [0.1, 0.15) is 19.8 Å². The molecule has 3 rings (SSSR count). The zero-order chi connectivity index (χ0) is 15.4. The van der Waals surface area contributed by atoms with E-state index in [9.17, 15) is 4.79 Å². The predicted octanol–water partition coefficient (Wildman–Crippen LogP) is 2.37. The van der Waals surface area contributed by atoms with E-state index in [1.54, 1.807) is 0 Å². The molecule has 2 heterocycles. The van der Waals surface area contributed by atoms with Crippen LogP contribution in [0.3, 0.4) is 0 Å². The van der Waals surface area contributed by atoms with Gasteiger partial charge in [0.2, 0.25) is 5.91 Å². The Hall–Kier alpha value is -1.85. The maximum absolute atomic E-state index is 12.1. The number of aromatic nitrogens is 1. The Labute approximate surface area is 130 Å². The molecule has 0 radical (unpaired) electrons. The summed E-state index contributed by atoms with van der Waals surface area (Å²) in [6.45, 7) is 5.33. The third kappa shape index (κ3) is 3.48. The third-order valence-electron chi connectivity index (χ3n) is 3.95. The first-order valence-electron chi connectivity index (χ1n) is 7.96. The quantitative estimate of drug-likeness (QED) is 0.891. The summed E-state index contributed by atoms with van der Waals surface area (Å²) in [5.41, 5.74) is 2.06. The first kappa shape index (κ1) is 15.1. The van der Waals surface area contributed by atoms with Crippen LogP contribution in [0.15, 0.2) is 30.5 Å². The minimum absolute atomic E-state index is 0.0235. The summed E-state index contributed by atoms with van der Waals surface area (Å²) in [6, 6.07) is 8.28. The van der Waals surface area contributed by atoms with Crippen molar-refractivity contribution in [1.29, 1.82) is 0 Å². The molecule has 2 aromatic rings. The van der Waals surface area contributed by atoms with Gasteiger partial charge in [-0.15, -0.1) is 0 Å². The molecule has 1 fully saturated rings. The SMILES string of the molecule is CCCn1ccc2cc(NC(=O)CC3COCCN3)ccc21. The van der Waals surface area contributed by atoms with E-state index in [1.807, 2.05) is 12.1 Å². The molecule has 118 valence electrons. The lowest BCUT2D eigenvalue weighted by Gasteiger charge is -2.23. The van der Waals surface area contributed by atoms with Crippen LogP contribution >= 0.6 is 0 Å². The van der Waals surface area contributed by atoms with E-state index in [4.69, 9.17) is 4.74 Å². The standard InChI is InChI=1S/C17H23N3O2/c1-2-7-20-8-5-13-10-14(3-4-16(13)20)19-17(21)11-15-12-22-9-6-18-15/h3-5,8,10,15,18H,2,6-7,9,11-12H2,1H3,(H,19,21). The monoisotopic (exact) mass is 301 g/mol. The molecule has 5 heteroatoms. The zero-order valence-corrected chi connectivity index (χ0v) is 13.0. The Morgan fingerprint density at radius 1 is 1.45 bits per heavy atom. The second kappa shape index (κ2) is 6.94. The highest BCUT2D eigenvalue weighted by atomic mass is 16.5. The van der Waals surface area contributed by atoms with Gasteiger partial charge in [-0.25, -0.2) is 0 Å². The van der Waals surface area contributed by atoms with Gasteiger partial charge in [0.25, 0.3) is 0 Å². The molecule has 1 aliphatic rings. The van der Waals surface area contributed by atoms with Gasteiger partial charge >= 0.3 is 0 Å². The number of nitrogens with zero attached hydrogens (tertiary/aromatic N) is 1.